The van der Waals surface area contributed by atoms with Crippen molar-refractivity contribution in [3.8, 4) is 5.75 Å². The van der Waals surface area contributed by atoms with Gasteiger partial charge in [-0.25, -0.2) is 0 Å². The van der Waals surface area contributed by atoms with Crippen molar-refractivity contribution in [3.63, 3.8) is 0 Å². The van der Waals surface area contributed by atoms with Gasteiger partial charge in [-0.15, -0.1) is 0 Å². The zero-order valence-corrected chi connectivity index (χ0v) is 12.1. The molecule has 1 aromatic carbocycles. The first kappa shape index (κ1) is 14.3. The van der Waals surface area contributed by atoms with Gasteiger partial charge in [0.25, 0.3) is 0 Å². The van der Waals surface area contributed by atoms with Crippen LogP contribution in [0.15, 0.2) is 35.3 Å². The summed E-state index contributed by atoms with van der Waals surface area (Å²) in [4.78, 5) is 0. The molecule has 1 unspecified atom stereocenters. The van der Waals surface area contributed by atoms with Crippen LogP contribution in [0, 0.1) is 0 Å². The zero-order valence-electron chi connectivity index (χ0n) is 10.5. The van der Waals surface area contributed by atoms with E-state index in [0.29, 0.717) is 0 Å². The Balaban J connectivity index is 2.68. The maximum absolute atomic E-state index is 5.70. The van der Waals surface area contributed by atoms with Crippen LogP contribution in [0.1, 0.15) is 25.8 Å². The number of nitrogens with one attached hydrogen (secondary N) is 1. The van der Waals surface area contributed by atoms with Crippen molar-refractivity contribution in [2.45, 2.75) is 32.9 Å². The quantitative estimate of drug-likeness (QED) is 0.609. The summed E-state index contributed by atoms with van der Waals surface area (Å²) in [5, 5.41) is 3.38. The van der Waals surface area contributed by atoms with E-state index in [-0.39, 0.29) is 6.10 Å². The van der Waals surface area contributed by atoms with E-state index in [1.165, 1.54) is 5.56 Å². The van der Waals surface area contributed by atoms with Gasteiger partial charge in [0.2, 0.25) is 0 Å². The molecule has 0 heterocycles. The summed E-state index contributed by atoms with van der Waals surface area (Å²) >= 11 is 3.55. The minimum Gasteiger partial charge on any atom is -0.487 e. The molecule has 0 aliphatic heterocycles. The van der Waals surface area contributed by atoms with E-state index in [1.54, 1.807) is 6.08 Å². The zero-order chi connectivity index (χ0) is 12.7. The fourth-order valence-electron chi connectivity index (χ4n) is 1.42. The molecule has 0 spiro atoms. The molecule has 0 saturated heterocycles. The van der Waals surface area contributed by atoms with E-state index >= 15 is 0 Å². The summed E-state index contributed by atoms with van der Waals surface area (Å²) in [7, 11) is 0. The van der Waals surface area contributed by atoms with E-state index in [0.717, 1.165) is 29.7 Å². The summed E-state index contributed by atoms with van der Waals surface area (Å²) in [6.45, 7) is 9.73. The van der Waals surface area contributed by atoms with Gasteiger partial charge in [0.1, 0.15) is 11.9 Å². The van der Waals surface area contributed by atoms with Crippen molar-refractivity contribution >= 4 is 15.9 Å². The third kappa shape index (κ3) is 4.92. The Morgan fingerprint density at radius 2 is 2.29 bits per heavy atom. The lowest BCUT2D eigenvalue weighted by molar-refractivity contribution is 0.270. The highest BCUT2D eigenvalue weighted by Gasteiger charge is 2.04. The highest BCUT2D eigenvalue weighted by molar-refractivity contribution is 9.10. The van der Waals surface area contributed by atoms with Gasteiger partial charge >= 0.3 is 0 Å². The molecule has 94 valence electrons. The van der Waals surface area contributed by atoms with E-state index in [2.05, 4.69) is 40.8 Å². The number of rotatable bonds is 7. The highest BCUT2D eigenvalue weighted by Crippen LogP contribution is 2.23. The predicted molar refractivity (Wildman–Crippen MR) is 76.4 cm³/mol. The van der Waals surface area contributed by atoms with Gasteiger partial charge in [-0.05, 0) is 43.7 Å². The number of benzene rings is 1. The van der Waals surface area contributed by atoms with Gasteiger partial charge < -0.3 is 10.1 Å². The maximum Gasteiger partial charge on any atom is 0.120 e. The summed E-state index contributed by atoms with van der Waals surface area (Å²) in [6, 6.07) is 6.05. The molecule has 0 fully saturated rings. The fourth-order valence-corrected chi connectivity index (χ4v) is 1.81. The van der Waals surface area contributed by atoms with Crippen LogP contribution in [0.5, 0.6) is 5.75 Å². The molecule has 17 heavy (non-hydrogen) atoms. The lowest BCUT2D eigenvalue weighted by Crippen LogP contribution is -2.14. The second-order valence-electron chi connectivity index (χ2n) is 3.99. The van der Waals surface area contributed by atoms with Gasteiger partial charge in [0, 0.05) is 11.0 Å². The van der Waals surface area contributed by atoms with Crippen LogP contribution in [0.25, 0.3) is 0 Å². The molecule has 1 N–H and O–H groups in total. The Kier molecular flexibility index (Phi) is 6.30. The molecule has 2 nitrogen and oxygen atoms in total. The Hall–Kier alpha value is -0.800. The van der Waals surface area contributed by atoms with Gasteiger partial charge in [0.05, 0.1) is 0 Å². The van der Waals surface area contributed by atoms with E-state index < -0.39 is 0 Å². The van der Waals surface area contributed by atoms with Crippen LogP contribution in [0.4, 0.5) is 0 Å². The topological polar surface area (TPSA) is 21.3 Å². The molecular formula is C14H20BrNO. The van der Waals surface area contributed by atoms with Crippen molar-refractivity contribution in [3.05, 3.63) is 40.9 Å². The Morgan fingerprint density at radius 3 is 2.94 bits per heavy atom. The first-order chi connectivity index (χ1) is 8.17. The molecule has 1 aromatic rings. The number of hydrogen-bond donors (Lipinski definition) is 1. The summed E-state index contributed by atoms with van der Waals surface area (Å²) in [5.41, 5.74) is 1.22. The lowest BCUT2D eigenvalue weighted by atomic mass is 10.2. The van der Waals surface area contributed by atoms with Crippen LogP contribution in [-0.2, 0) is 6.54 Å². The molecular weight excluding hydrogens is 278 g/mol. The maximum atomic E-state index is 5.70. The van der Waals surface area contributed by atoms with Gasteiger partial charge in [-0.2, -0.15) is 0 Å². The van der Waals surface area contributed by atoms with Crippen molar-refractivity contribution in [1.82, 2.24) is 5.32 Å². The fraction of sp³-hybridized carbons (Fsp3) is 0.429. The largest absolute Gasteiger partial charge is 0.487 e. The third-order valence-electron chi connectivity index (χ3n) is 2.41. The molecule has 0 aromatic heterocycles. The van der Waals surface area contributed by atoms with Crippen molar-refractivity contribution in [2.75, 3.05) is 6.54 Å². The average Bonchev–Trinajstić information content (AvgIpc) is 2.33. The Morgan fingerprint density at radius 1 is 1.53 bits per heavy atom. The van der Waals surface area contributed by atoms with Crippen molar-refractivity contribution < 1.29 is 4.74 Å². The van der Waals surface area contributed by atoms with Gasteiger partial charge in [0.15, 0.2) is 0 Å². The minimum absolute atomic E-state index is 0.0348. The van der Waals surface area contributed by atoms with Crippen LogP contribution in [0.3, 0.4) is 0 Å². The molecule has 3 heteroatoms. The van der Waals surface area contributed by atoms with E-state index in [1.807, 2.05) is 19.1 Å². The third-order valence-corrected chi connectivity index (χ3v) is 3.19. The summed E-state index contributed by atoms with van der Waals surface area (Å²) < 4.78 is 6.81. The van der Waals surface area contributed by atoms with Crippen LogP contribution < -0.4 is 10.1 Å². The standard InChI is InChI=1S/C14H20BrNO/c1-4-8-16-10-12-9-13(6-7-14(12)15)17-11(3)5-2/h5-7,9,11,16H,2,4,8,10H2,1,3H3. The Labute approximate surface area is 112 Å². The van der Waals surface area contributed by atoms with Crippen molar-refractivity contribution in [1.29, 1.82) is 0 Å². The predicted octanol–water partition coefficient (Wildman–Crippen LogP) is 3.90. The lowest BCUT2D eigenvalue weighted by Gasteiger charge is -2.13. The van der Waals surface area contributed by atoms with Crippen LogP contribution >= 0.6 is 15.9 Å². The number of ether oxygens (including phenoxy) is 1. The molecule has 1 atom stereocenters. The Bertz CT molecular complexity index is 365. The van der Waals surface area contributed by atoms with E-state index in [9.17, 15) is 0 Å². The SMILES string of the molecule is C=CC(C)Oc1ccc(Br)c(CNCCC)c1. The molecule has 0 bridgehead atoms. The molecule has 0 aliphatic carbocycles. The monoisotopic (exact) mass is 297 g/mol. The van der Waals surface area contributed by atoms with Crippen molar-refractivity contribution in [2.24, 2.45) is 0 Å². The second kappa shape index (κ2) is 7.51. The van der Waals surface area contributed by atoms with Gasteiger partial charge in [-0.3, -0.25) is 0 Å². The first-order valence-electron chi connectivity index (χ1n) is 5.95. The van der Waals surface area contributed by atoms with Crippen LogP contribution in [-0.4, -0.2) is 12.6 Å². The highest BCUT2D eigenvalue weighted by atomic mass is 79.9. The average molecular weight is 298 g/mol. The number of hydrogen-bond acceptors (Lipinski definition) is 2. The molecule has 0 aliphatic rings. The molecule has 0 radical (unpaired) electrons. The normalized spacial score (nSPS) is 12.2. The molecule has 1 rings (SSSR count). The van der Waals surface area contributed by atoms with E-state index in [4.69, 9.17) is 4.74 Å². The molecule has 0 saturated carbocycles. The van der Waals surface area contributed by atoms with Crippen LogP contribution in [0.2, 0.25) is 0 Å². The first-order valence-corrected chi connectivity index (χ1v) is 6.75. The minimum atomic E-state index is 0.0348. The summed E-state index contributed by atoms with van der Waals surface area (Å²) in [5.74, 6) is 0.883. The second-order valence-corrected chi connectivity index (χ2v) is 4.84. The van der Waals surface area contributed by atoms with Gasteiger partial charge in [-0.1, -0.05) is 35.5 Å². The molecule has 0 amide bonds. The summed E-state index contributed by atoms with van der Waals surface area (Å²) in [6.07, 6.45) is 2.96. The smallest absolute Gasteiger partial charge is 0.120 e. The number of halogens is 1.